The van der Waals surface area contributed by atoms with Crippen LogP contribution in [-0.2, 0) is 20.5 Å². The van der Waals surface area contributed by atoms with Gasteiger partial charge < -0.3 is 14.8 Å². The van der Waals surface area contributed by atoms with Gasteiger partial charge in [0.25, 0.3) is 5.91 Å². The molecule has 8 heteroatoms. The van der Waals surface area contributed by atoms with Crippen LogP contribution in [0.1, 0.15) is 44.6 Å². The van der Waals surface area contributed by atoms with Gasteiger partial charge in [0.15, 0.2) is 6.61 Å². The molecular formula is C18H22F3NO4. The number of halogens is 3. The summed E-state index contributed by atoms with van der Waals surface area (Å²) in [5.74, 6) is -0.829. The Labute approximate surface area is 149 Å². The molecule has 0 unspecified atom stereocenters. The van der Waals surface area contributed by atoms with Gasteiger partial charge in [-0.2, -0.15) is 13.2 Å². The molecule has 0 aromatic heterocycles. The summed E-state index contributed by atoms with van der Waals surface area (Å²) >= 11 is 0. The summed E-state index contributed by atoms with van der Waals surface area (Å²) < 4.78 is 47.9. The topological polar surface area (TPSA) is 64.6 Å². The molecule has 1 aliphatic rings. The van der Waals surface area contributed by atoms with Crippen LogP contribution in [0.25, 0.3) is 0 Å². The maximum absolute atomic E-state index is 12.5. The van der Waals surface area contributed by atoms with Crippen LogP contribution in [0.4, 0.5) is 13.2 Å². The Morgan fingerprint density at radius 3 is 2.27 bits per heavy atom. The molecule has 0 spiro atoms. The van der Waals surface area contributed by atoms with Gasteiger partial charge in [0, 0.05) is 0 Å². The highest BCUT2D eigenvalue weighted by atomic mass is 19.4. The highest BCUT2D eigenvalue weighted by Gasteiger charge is 2.42. The van der Waals surface area contributed by atoms with Crippen molar-refractivity contribution < 1.29 is 32.2 Å². The zero-order valence-electron chi connectivity index (χ0n) is 14.5. The van der Waals surface area contributed by atoms with Crippen LogP contribution in [0, 0.1) is 0 Å². The standard InChI is InChI=1S/C18H22F3NO4/c1-2-25-16(24)17(10-4-3-5-11-17)22-15(23)12-26-14-8-6-13(7-9-14)18(19,20)21/h6-9H,2-5,10-12H2,1H3,(H,22,23). The number of carbonyl (C=O) groups is 2. The lowest BCUT2D eigenvalue weighted by molar-refractivity contribution is -0.155. The SMILES string of the molecule is CCOC(=O)C1(NC(=O)COc2ccc(C(F)(F)F)cc2)CCCCC1. The molecule has 0 radical (unpaired) electrons. The van der Waals surface area contributed by atoms with Crippen molar-refractivity contribution >= 4 is 11.9 Å². The van der Waals surface area contributed by atoms with Gasteiger partial charge in [0.05, 0.1) is 12.2 Å². The van der Waals surface area contributed by atoms with Crippen LogP contribution in [0.3, 0.4) is 0 Å². The second-order valence-corrected chi connectivity index (χ2v) is 6.22. The molecule has 1 aliphatic carbocycles. The van der Waals surface area contributed by atoms with Gasteiger partial charge in [0.2, 0.25) is 0 Å². The van der Waals surface area contributed by atoms with Gasteiger partial charge in [-0.1, -0.05) is 19.3 Å². The summed E-state index contributed by atoms with van der Waals surface area (Å²) in [6.45, 7) is 1.52. The Kier molecular flexibility index (Phi) is 6.50. The molecular weight excluding hydrogens is 351 g/mol. The molecule has 26 heavy (non-hydrogen) atoms. The van der Waals surface area contributed by atoms with Gasteiger partial charge in [0.1, 0.15) is 11.3 Å². The first kappa shape index (κ1) is 20.1. The minimum Gasteiger partial charge on any atom is -0.484 e. The molecule has 144 valence electrons. The highest BCUT2D eigenvalue weighted by molar-refractivity contribution is 5.88. The predicted molar refractivity (Wildman–Crippen MR) is 87.5 cm³/mol. The van der Waals surface area contributed by atoms with Crippen molar-refractivity contribution in [3.63, 3.8) is 0 Å². The molecule has 1 N–H and O–H groups in total. The van der Waals surface area contributed by atoms with E-state index in [-0.39, 0.29) is 12.4 Å². The molecule has 2 rings (SSSR count). The van der Waals surface area contributed by atoms with Gasteiger partial charge in [-0.15, -0.1) is 0 Å². The van der Waals surface area contributed by atoms with E-state index in [4.69, 9.17) is 9.47 Å². The first-order valence-electron chi connectivity index (χ1n) is 8.55. The summed E-state index contributed by atoms with van der Waals surface area (Å²) in [5, 5.41) is 2.70. The maximum Gasteiger partial charge on any atom is 0.416 e. The van der Waals surface area contributed by atoms with E-state index in [2.05, 4.69) is 5.32 Å². The number of amides is 1. The van der Waals surface area contributed by atoms with Crippen LogP contribution in [0.5, 0.6) is 5.75 Å². The van der Waals surface area contributed by atoms with Crippen molar-refractivity contribution in [2.45, 2.75) is 50.7 Å². The van der Waals surface area contributed by atoms with Crippen LogP contribution in [-0.4, -0.2) is 30.6 Å². The first-order valence-corrected chi connectivity index (χ1v) is 8.55. The van der Waals surface area contributed by atoms with Crippen molar-refractivity contribution in [1.82, 2.24) is 5.32 Å². The number of carbonyl (C=O) groups excluding carboxylic acids is 2. The third-order valence-corrected chi connectivity index (χ3v) is 4.30. The zero-order chi connectivity index (χ0) is 19.2. The smallest absolute Gasteiger partial charge is 0.416 e. The lowest BCUT2D eigenvalue weighted by atomic mass is 9.81. The van der Waals surface area contributed by atoms with E-state index >= 15 is 0 Å². The maximum atomic E-state index is 12.5. The number of hydrogen-bond acceptors (Lipinski definition) is 4. The summed E-state index contributed by atoms with van der Waals surface area (Å²) in [5.41, 5.74) is -1.84. The lowest BCUT2D eigenvalue weighted by Crippen LogP contribution is -2.57. The van der Waals surface area contributed by atoms with Crippen molar-refractivity contribution in [3.05, 3.63) is 29.8 Å². The molecule has 0 bridgehead atoms. The average molecular weight is 373 g/mol. The second-order valence-electron chi connectivity index (χ2n) is 6.22. The number of nitrogens with one attached hydrogen (secondary N) is 1. The van der Waals surface area contributed by atoms with Crippen LogP contribution in [0.2, 0.25) is 0 Å². The van der Waals surface area contributed by atoms with Crippen LogP contribution in [0.15, 0.2) is 24.3 Å². The number of benzene rings is 1. The highest BCUT2D eigenvalue weighted by Crippen LogP contribution is 2.31. The molecule has 1 aromatic carbocycles. The summed E-state index contributed by atoms with van der Waals surface area (Å²) in [6, 6.07) is 4.07. The summed E-state index contributed by atoms with van der Waals surface area (Å²) in [6.07, 6.45) is -0.838. The number of hydrogen-bond donors (Lipinski definition) is 1. The largest absolute Gasteiger partial charge is 0.484 e. The fraction of sp³-hybridized carbons (Fsp3) is 0.556. The van der Waals surface area contributed by atoms with Crippen LogP contribution < -0.4 is 10.1 Å². The predicted octanol–water partition coefficient (Wildman–Crippen LogP) is 3.47. The Hall–Kier alpha value is -2.25. The van der Waals surface area contributed by atoms with Crippen molar-refractivity contribution in [1.29, 1.82) is 0 Å². The quantitative estimate of drug-likeness (QED) is 0.776. The van der Waals surface area contributed by atoms with Crippen molar-refractivity contribution in [2.75, 3.05) is 13.2 Å². The summed E-state index contributed by atoms with van der Waals surface area (Å²) in [7, 11) is 0. The molecule has 0 saturated heterocycles. The van der Waals surface area contributed by atoms with E-state index in [0.717, 1.165) is 43.5 Å². The zero-order valence-corrected chi connectivity index (χ0v) is 14.5. The van der Waals surface area contributed by atoms with Crippen molar-refractivity contribution in [2.24, 2.45) is 0 Å². The number of esters is 1. The van der Waals surface area contributed by atoms with E-state index < -0.39 is 35.8 Å². The second kappa shape index (κ2) is 8.42. The van der Waals surface area contributed by atoms with Gasteiger partial charge >= 0.3 is 12.1 Å². The van der Waals surface area contributed by atoms with E-state index in [9.17, 15) is 22.8 Å². The summed E-state index contributed by atoms with van der Waals surface area (Å²) in [4.78, 5) is 24.5. The Morgan fingerprint density at radius 2 is 1.73 bits per heavy atom. The molecule has 0 atom stereocenters. The number of rotatable bonds is 6. The van der Waals surface area contributed by atoms with E-state index in [1.807, 2.05) is 0 Å². The molecule has 0 heterocycles. The van der Waals surface area contributed by atoms with Crippen molar-refractivity contribution in [3.8, 4) is 5.75 Å². The molecule has 1 saturated carbocycles. The van der Waals surface area contributed by atoms with E-state index in [0.29, 0.717) is 12.8 Å². The molecule has 0 aliphatic heterocycles. The Balaban J connectivity index is 1.94. The van der Waals surface area contributed by atoms with Gasteiger partial charge in [-0.3, -0.25) is 4.79 Å². The number of alkyl halides is 3. The fourth-order valence-electron chi connectivity index (χ4n) is 3.00. The fourth-order valence-corrected chi connectivity index (χ4v) is 3.00. The van der Waals surface area contributed by atoms with Gasteiger partial charge in [-0.25, -0.2) is 4.79 Å². The average Bonchev–Trinajstić information content (AvgIpc) is 2.60. The third kappa shape index (κ3) is 5.12. The normalized spacial score (nSPS) is 16.6. The monoisotopic (exact) mass is 373 g/mol. The Morgan fingerprint density at radius 1 is 1.12 bits per heavy atom. The van der Waals surface area contributed by atoms with E-state index in [1.54, 1.807) is 6.92 Å². The van der Waals surface area contributed by atoms with E-state index in [1.165, 1.54) is 0 Å². The molecule has 1 fully saturated rings. The Bertz CT molecular complexity index is 622. The molecule has 5 nitrogen and oxygen atoms in total. The lowest BCUT2D eigenvalue weighted by Gasteiger charge is -2.35. The molecule has 1 aromatic rings. The molecule has 1 amide bonds. The third-order valence-electron chi connectivity index (χ3n) is 4.30. The van der Waals surface area contributed by atoms with Gasteiger partial charge in [-0.05, 0) is 44.0 Å². The minimum absolute atomic E-state index is 0.141. The number of ether oxygens (including phenoxy) is 2. The minimum atomic E-state index is -4.43. The van der Waals surface area contributed by atoms with Crippen LogP contribution >= 0.6 is 0 Å². The first-order chi connectivity index (χ1) is 12.3.